The Kier molecular flexibility index (Phi) is 3.60. The number of pyridine rings is 1. The first kappa shape index (κ1) is 15.5. The lowest BCUT2D eigenvalue weighted by Gasteiger charge is -2.29. The van der Waals surface area contributed by atoms with Gasteiger partial charge in [0, 0.05) is 36.5 Å². The molecule has 4 rings (SSSR count). The Morgan fingerprint density at radius 3 is 2.72 bits per heavy atom. The highest BCUT2D eigenvalue weighted by Crippen LogP contribution is 2.31. The van der Waals surface area contributed by atoms with E-state index in [1.54, 1.807) is 23.4 Å². The fourth-order valence-corrected chi connectivity index (χ4v) is 3.47. The van der Waals surface area contributed by atoms with Crippen LogP contribution in [0.1, 0.15) is 34.3 Å². The van der Waals surface area contributed by atoms with E-state index in [0.29, 0.717) is 18.5 Å². The van der Waals surface area contributed by atoms with Crippen LogP contribution in [-0.4, -0.2) is 33.6 Å². The first-order valence-electron chi connectivity index (χ1n) is 8.22. The minimum atomic E-state index is -0.582. The first-order chi connectivity index (χ1) is 12.0. The smallest absolute Gasteiger partial charge is 0.255 e. The van der Waals surface area contributed by atoms with Crippen molar-refractivity contribution in [1.82, 2.24) is 15.2 Å². The molecular formula is C19H17N3O3. The second-order valence-electron chi connectivity index (χ2n) is 6.52. The lowest BCUT2D eigenvalue weighted by Crippen LogP contribution is -2.52. The number of hydrogen-bond acceptors (Lipinski definition) is 4. The van der Waals surface area contributed by atoms with E-state index in [-0.39, 0.29) is 24.1 Å². The highest BCUT2D eigenvalue weighted by molar-refractivity contribution is 6.05. The van der Waals surface area contributed by atoms with Gasteiger partial charge in [-0.15, -0.1) is 0 Å². The molecule has 0 bridgehead atoms. The van der Waals surface area contributed by atoms with Crippen molar-refractivity contribution in [1.29, 1.82) is 0 Å². The van der Waals surface area contributed by atoms with E-state index in [4.69, 9.17) is 0 Å². The van der Waals surface area contributed by atoms with Gasteiger partial charge in [0.25, 0.3) is 5.91 Å². The standard InChI is InChI=1S/C19H17N3O3/c1-11-6-13(9-20-8-11)12-2-3-15-14(7-12)10-22(19(15)25)16-4-5-17(23)21-18(16)24/h2-3,6-9,16H,4-5,10H2,1H3,(H,21,23,24). The summed E-state index contributed by atoms with van der Waals surface area (Å²) in [5.41, 5.74) is 4.57. The molecule has 0 aliphatic carbocycles. The van der Waals surface area contributed by atoms with Crippen molar-refractivity contribution in [3.8, 4) is 11.1 Å². The predicted octanol–water partition coefficient (Wildman–Crippen LogP) is 1.82. The van der Waals surface area contributed by atoms with Crippen molar-refractivity contribution in [2.45, 2.75) is 32.4 Å². The molecule has 0 radical (unpaired) electrons. The van der Waals surface area contributed by atoms with Crippen molar-refractivity contribution in [3.05, 3.63) is 53.3 Å². The third-order valence-electron chi connectivity index (χ3n) is 4.73. The number of hydrogen-bond donors (Lipinski definition) is 1. The highest BCUT2D eigenvalue weighted by Gasteiger charge is 2.39. The summed E-state index contributed by atoms with van der Waals surface area (Å²) in [6.45, 7) is 2.37. The molecule has 1 N–H and O–H groups in total. The molecule has 1 unspecified atom stereocenters. The van der Waals surface area contributed by atoms with Gasteiger partial charge in [-0.25, -0.2) is 0 Å². The summed E-state index contributed by atoms with van der Waals surface area (Å²) in [4.78, 5) is 41.8. The molecular weight excluding hydrogens is 318 g/mol. The van der Waals surface area contributed by atoms with Crippen LogP contribution in [0.2, 0.25) is 0 Å². The molecule has 25 heavy (non-hydrogen) atoms. The SMILES string of the molecule is Cc1cncc(-c2ccc3c(c2)CN(C2CCC(=O)NC2=O)C3=O)c1. The average molecular weight is 335 g/mol. The molecule has 3 heterocycles. The molecule has 126 valence electrons. The van der Waals surface area contributed by atoms with E-state index in [1.807, 2.05) is 25.1 Å². The summed E-state index contributed by atoms with van der Waals surface area (Å²) in [5, 5.41) is 2.32. The summed E-state index contributed by atoms with van der Waals surface area (Å²) in [7, 11) is 0. The Morgan fingerprint density at radius 1 is 1.12 bits per heavy atom. The van der Waals surface area contributed by atoms with Crippen molar-refractivity contribution in [2.75, 3.05) is 0 Å². The largest absolute Gasteiger partial charge is 0.322 e. The lowest BCUT2D eigenvalue weighted by molar-refractivity contribution is -0.136. The van der Waals surface area contributed by atoms with Crippen LogP contribution in [0.15, 0.2) is 36.7 Å². The molecule has 1 atom stereocenters. The van der Waals surface area contributed by atoms with Crippen LogP contribution in [0.5, 0.6) is 0 Å². The maximum Gasteiger partial charge on any atom is 0.255 e. The van der Waals surface area contributed by atoms with E-state index < -0.39 is 6.04 Å². The maximum atomic E-state index is 12.7. The number of nitrogens with one attached hydrogen (secondary N) is 1. The molecule has 0 saturated carbocycles. The van der Waals surface area contributed by atoms with Crippen LogP contribution >= 0.6 is 0 Å². The van der Waals surface area contributed by atoms with Crippen LogP contribution in [0.3, 0.4) is 0 Å². The number of carbonyl (C=O) groups is 3. The second kappa shape index (κ2) is 5.81. The van der Waals surface area contributed by atoms with Crippen molar-refractivity contribution in [2.24, 2.45) is 0 Å². The molecule has 2 aromatic rings. The van der Waals surface area contributed by atoms with Gasteiger partial charge >= 0.3 is 0 Å². The number of amides is 3. The fraction of sp³-hybridized carbons (Fsp3) is 0.263. The number of benzene rings is 1. The molecule has 1 fully saturated rings. The molecule has 2 aliphatic rings. The van der Waals surface area contributed by atoms with Crippen LogP contribution in [0.4, 0.5) is 0 Å². The van der Waals surface area contributed by atoms with Gasteiger partial charge in [-0.3, -0.25) is 24.7 Å². The van der Waals surface area contributed by atoms with Crippen LogP contribution in [0, 0.1) is 6.92 Å². The minimum absolute atomic E-state index is 0.154. The normalized spacial score (nSPS) is 19.8. The van der Waals surface area contributed by atoms with Gasteiger partial charge in [-0.1, -0.05) is 6.07 Å². The van der Waals surface area contributed by atoms with Gasteiger partial charge in [0.2, 0.25) is 11.8 Å². The molecule has 1 saturated heterocycles. The number of piperidine rings is 1. The van der Waals surface area contributed by atoms with Gasteiger partial charge in [-0.05, 0) is 48.2 Å². The number of imide groups is 1. The van der Waals surface area contributed by atoms with E-state index in [9.17, 15) is 14.4 Å². The zero-order valence-corrected chi connectivity index (χ0v) is 13.8. The van der Waals surface area contributed by atoms with E-state index >= 15 is 0 Å². The van der Waals surface area contributed by atoms with Gasteiger partial charge in [0.15, 0.2) is 0 Å². The van der Waals surface area contributed by atoms with Crippen LogP contribution < -0.4 is 5.32 Å². The fourth-order valence-electron chi connectivity index (χ4n) is 3.47. The lowest BCUT2D eigenvalue weighted by atomic mass is 10.0. The average Bonchev–Trinajstić information content (AvgIpc) is 2.91. The Hall–Kier alpha value is -3.02. The van der Waals surface area contributed by atoms with Crippen LogP contribution in [-0.2, 0) is 16.1 Å². The summed E-state index contributed by atoms with van der Waals surface area (Å²) in [6, 6.07) is 7.16. The van der Waals surface area contributed by atoms with Crippen LogP contribution in [0.25, 0.3) is 11.1 Å². The maximum absolute atomic E-state index is 12.7. The zero-order valence-electron chi connectivity index (χ0n) is 13.8. The van der Waals surface area contributed by atoms with Crippen molar-refractivity contribution in [3.63, 3.8) is 0 Å². The Morgan fingerprint density at radius 2 is 1.96 bits per heavy atom. The Labute approximate surface area is 144 Å². The third-order valence-corrected chi connectivity index (χ3v) is 4.73. The van der Waals surface area contributed by atoms with Crippen molar-refractivity contribution < 1.29 is 14.4 Å². The summed E-state index contributed by atoms with van der Waals surface area (Å²) >= 11 is 0. The van der Waals surface area contributed by atoms with Gasteiger partial charge in [-0.2, -0.15) is 0 Å². The molecule has 1 aromatic carbocycles. The zero-order chi connectivity index (χ0) is 17.6. The topological polar surface area (TPSA) is 79.4 Å². The number of rotatable bonds is 2. The number of aromatic nitrogens is 1. The quantitative estimate of drug-likeness (QED) is 0.849. The van der Waals surface area contributed by atoms with Gasteiger partial charge in [0.1, 0.15) is 6.04 Å². The van der Waals surface area contributed by atoms with E-state index in [1.165, 1.54) is 0 Å². The minimum Gasteiger partial charge on any atom is -0.322 e. The highest BCUT2D eigenvalue weighted by atomic mass is 16.2. The molecule has 3 amide bonds. The second-order valence-corrected chi connectivity index (χ2v) is 6.52. The molecule has 2 aliphatic heterocycles. The monoisotopic (exact) mass is 335 g/mol. The van der Waals surface area contributed by atoms with E-state index in [0.717, 1.165) is 22.3 Å². The number of aryl methyl sites for hydroxylation is 1. The van der Waals surface area contributed by atoms with Gasteiger partial charge in [0.05, 0.1) is 0 Å². The summed E-state index contributed by atoms with van der Waals surface area (Å²) < 4.78 is 0. The molecule has 6 nitrogen and oxygen atoms in total. The first-order valence-corrected chi connectivity index (χ1v) is 8.22. The summed E-state index contributed by atoms with van der Waals surface area (Å²) in [6.07, 6.45) is 4.23. The number of nitrogens with zero attached hydrogens (tertiary/aromatic N) is 2. The Bertz CT molecular complexity index is 907. The number of fused-ring (bicyclic) bond motifs is 1. The Balaban J connectivity index is 1.63. The van der Waals surface area contributed by atoms with Gasteiger partial charge < -0.3 is 4.90 Å². The molecule has 0 spiro atoms. The molecule has 6 heteroatoms. The predicted molar refractivity (Wildman–Crippen MR) is 90.5 cm³/mol. The number of carbonyl (C=O) groups excluding carboxylic acids is 3. The summed E-state index contributed by atoms with van der Waals surface area (Å²) in [5.74, 6) is -0.821. The molecule has 1 aromatic heterocycles. The van der Waals surface area contributed by atoms with E-state index in [2.05, 4.69) is 10.3 Å². The third kappa shape index (κ3) is 2.69. The van der Waals surface area contributed by atoms with Crippen molar-refractivity contribution >= 4 is 17.7 Å².